The molecule has 0 fully saturated rings. The molecule has 0 bridgehead atoms. The molecule has 33 heavy (non-hydrogen) atoms. The summed E-state index contributed by atoms with van der Waals surface area (Å²) in [5.41, 5.74) is 3.36. The fourth-order valence-electron chi connectivity index (χ4n) is 3.69. The lowest BCUT2D eigenvalue weighted by Crippen LogP contribution is -2.30. The zero-order chi connectivity index (χ0) is 25.1. The van der Waals surface area contributed by atoms with Gasteiger partial charge in [-0.15, -0.1) is 0 Å². The Hall–Kier alpha value is -2.53. The Bertz CT molecular complexity index is 1040. The third-order valence-electron chi connectivity index (χ3n) is 5.24. The lowest BCUT2D eigenvalue weighted by atomic mass is 9.85. The largest absolute Gasteiger partial charge is 0.489 e. The number of halogens is 2. The van der Waals surface area contributed by atoms with E-state index in [1.807, 2.05) is 46.8 Å². The summed E-state index contributed by atoms with van der Waals surface area (Å²) in [7, 11) is 0. The van der Waals surface area contributed by atoms with Crippen LogP contribution in [0.2, 0.25) is 5.02 Å². The van der Waals surface area contributed by atoms with E-state index < -0.39 is 17.4 Å². The number of fused-ring (bicyclic) bond motifs is 1. The van der Waals surface area contributed by atoms with Crippen molar-refractivity contribution in [1.82, 2.24) is 0 Å². The molecule has 0 amide bonds. The molecule has 2 rings (SSSR count). The number of carboxylic acids is 1. The second kappa shape index (κ2) is 10.6. The average molecular weight is 477 g/mol. The molecule has 1 aromatic carbocycles. The van der Waals surface area contributed by atoms with Crippen molar-refractivity contribution in [3.63, 3.8) is 0 Å². The van der Waals surface area contributed by atoms with Crippen LogP contribution in [0.25, 0.3) is 11.1 Å². The van der Waals surface area contributed by atoms with Crippen molar-refractivity contribution in [3.8, 4) is 11.5 Å². The number of hydrogen-bond donors (Lipinski definition) is 1. The highest BCUT2D eigenvalue weighted by Crippen LogP contribution is 2.50. The van der Waals surface area contributed by atoms with Gasteiger partial charge in [0, 0.05) is 11.1 Å². The maximum absolute atomic E-state index is 13.6. The first-order valence-corrected chi connectivity index (χ1v) is 11.6. The zero-order valence-electron chi connectivity index (χ0n) is 20.7. The molecule has 1 aromatic rings. The zero-order valence-corrected chi connectivity index (χ0v) is 21.4. The Labute approximate surface area is 201 Å². The molecular weight excluding hydrogens is 443 g/mol. The van der Waals surface area contributed by atoms with E-state index in [0.29, 0.717) is 22.9 Å². The summed E-state index contributed by atoms with van der Waals surface area (Å²) in [6, 6.07) is 2.05. The predicted molar refractivity (Wildman–Crippen MR) is 134 cm³/mol. The van der Waals surface area contributed by atoms with Gasteiger partial charge in [-0.1, -0.05) is 50.6 Å². The predicted octanol–water partition coefficient (Wildman–Crippen LogP) is 8.02. The molecule has 0 unspecified atom stereocenters. The van der Waals surface area contributed by atoms with Crippen molar-refractivity contribution < 1.29 is 23.8 Å². The first-order valence-electron chi connectivity index (χ1n) is 11.2. The number of rotatable bonds is 8. The Morgan fingerprint density at radius 3 is 2.45 bits per heavy atom. The van der Waals surface area contributed by atoms with Crippen molar-refractivity contribution in [2.45, 2.75) is 73.5 Å². The standard InChI is InChI=1S/C27H34ClFO4/c1-9-18(12-10-11-17(6)23(29)26(30)31)19-13-20-21(15(2)3)14-27(7,8)33-25(20)22(28)24(19)32-16(4)5/h10-16H,9H2,1-8H3,(H,30,31)/b11-10+,18-12-,23-17-. The molecule has 0 atom stereocenters. The van der Waals surface area contributed by atoms with Crippen molar-refractivity contribution in [2.24, 2.45) is 5.92 Å². The molecule has 6 heteroatoms. The average Bonchev–Trinajstić information content (AvgIpc) is 2.71. The minimum absolute atomic E-state index is 0.0389. The molecule has 1 aliphatic heterocycles. The van der Waals surface area contributed by atoms with Gasteiger partial charge in [-0.05, 0) is 75.8 Å². The van der Waals surface area contributed by atoms with Gasteiger partial charge in [0.15, 0.2) is 5.75 Å². The number of carboxylic acid groups (broad SMARTS) is 1. The van der Waals surface area contributed by atoms with Crippen LogP contribution in [0.4, 0.5) is 4.39 Å². The summed E-state index contributed by atoms with van der Waals surface area (Å²) in [6.45, 7) is 15.6. The SMILES string of the molecule is CC/C(=C/C=C/C(C)=C(\F)C(=O)O)c1cc2c(c(Cl)c1OC(C)C)OC(C)(C)C=C2C(C)C. The Kier molecular flexibility index (Phi) is 8.58. The fourth-order valence-corrected chi connectivity index (χ4v) is 3.98. The molecule has 0 radical (unpaired) electrons. The van der Waals surface area contributed by atoms with E-state index >= 15 is 0 Å². The molecule has 4 nitrogen and oxygen atoms in total. The van der Waals surface area contributed by atoms with Crippen LogP contribution < -0.4 is 9.47 Å². The van der Waals surface area contributed by atoms with Gasteiger partial charge in [0.2, 0.25) is 5.83 Å². The van der Waals surface area contributed by atoms with Crippen LogP contribution in [0.1, 0.15) is 72.9 Å². The van der Waals surface area contributed by atoms with E-state index in [2.05, 4.69) is 19.9 Å². The van der Waals surface area contributed by atoms with E-state index in [1.54, 1.807) is 6.08 Å². The molecule has 0 saturated carbocycles. The monoisotopic (exact) mass is 476 g/mol. The van der Waals surface area contributed by atoms with E-state index in [1.165, 1.54) is 13.0 Å². The van der Waals surface area contributed by atoms with Crippen molar-refractivity contribution in [1.29, 1.82) is 0 Å². The van der Waals surface area contributed by atoms with Crippen LogP contribution >= 0.6 is 11.6 Å². The first-order chi connectivity index (χ1) is 15.3. The van der Waals surface area contributed by atoms with Gasteiger partial charge in [0.05, 0.1) is 6.10 Å². The first kappa shape index (κ1) is 26.7. The fraction of sp³-hybridized carbons (Fsp3) is 0.444. The van der Waals surface area contributed by atoms with E-state index in [-0.39, 0.29) is 17.6 Å². The molecule has 0 aromatic heterocycles. The molecule has 1 aliphatic rings. The summed E-state index contributed by atoms with van der Waals surface area (Å²) in [6.07, 6.45) is 7.58. The van der Waals surface area contributed by atoms with E-state index in [0.717, 1.165) is 22.3 Å². The molecule has 1 N–H and O–H groups in total. The van der Waals surface area contributed by atoms with Gasteiger partial charge in [-0.3, -0.25) is 0 Å². The number of carbonyl (C=O) groups is 1. The second-order valence-corrected chi connectivity index (χ2v) is 9.66. The van der Waals surface area contributed by atoms with Crippen LogP contribution in [0.5, 0.6) is 11.5 Å². The minimum Gasteiger partial charge on any atom is -0.489 e. The van der Waals surface area contributed by atoms with Crippen molar-refractivity contribution >= 4 is 28.7 Å². The molecule has 0 spiro atoms. The number of allylic oxidation sites excluding steroid dienone is 6. The highest BCUT2D eigenvalue weighted by atomic mass is 35.5. The maximum Gasteiger partial charge on any atom is 0.365 e. The topological polar surface area (TPSA) is 55.8 Å². The van der Waals surface area contributed by atoms with Crippen LogP contribution in [-0.2, 0) is 4.79 Å². The third kappa shape index (κ3) is 6.29. The highest BCUT2D eigenvalue weighted by Gasteiger charge is 2.32. The Balaban J connectivity index is 2.73. The molecule has 1 heterocycles. The van der Waals surface area contributed by atoms with Gasteiger partial charge in [-0.25, -0.2) is 4.79 Å². The summed E-state index contributed by atoms with van der Waals surface area (Å²) in [5, 5.41) is 9.25. The summed E-state index contributed by atoms with van der Waals surface area (Å²) >= 11 is 6.89. The van der Waals surface area contributed by atoms with Gasteiger partial charge in [0.1, 0.15) is 16.4 Å². The van der Waals surface area contributed by atoms with E-state index in [4.69, 9.17) is 26.2 Å². The van der Waals surface area contributed by atoms with Crippen molar-refractivity contribution in [2.75, 3.05) is 0 Å². The number of benzene rings is 1. The highest BCUT2D eigenvalue weighted by molar-refractivity contribution is 6.34. The Morgan fingerprint density at radius 2 is 1.94 bits per heavy atom. The van der Waals surface area contributed by atoms with Crippen LogP contribution in [0.3, 0.4) is 0 Å². The normalized spacial score (nSPS) is 16.5. The van der Waals surface area contributed by atoms with Gasteiger partial charge < -0.3 is 14.6 Å². The van der Waals surface area contributed by atoms with Crippen LogP contribution in [-0.4, -0.2) is 22.8 Å². The third-order valence-corrected chi connectivity index (χ3v) is 5.58. The minimum atomic E-state index is -1.58. The smallest absolute Gasteiger partial charge is 0.365 e. The quantitative estimate of drug-likeness (QED) is 0.305. The van der Waals surface area contributed by atoms with Crippen molar-refractivity contribution in [3.05, 3.63) is 57.9 Å². The molecule has 0 aliphatic carbocycles. The molecule has 180 valence electrons. The summed E-state index contributed by atoms with van der Waals surface area (Å²) in [5.74, 6) is -1.35. The van der Waals surface area contributed by atoms with Gasteiger partial charge in [-0.2, -0.15) is 4.39 Å². The lowest BCUT2D eigenvalue weighted by molar-refractivity contribution is -0.134. The summed E-state index contributed by atoms with van der Waals surface area (Å²) in [4.78, 5) is 10.8. The lowest BCUT2D eigenvalue weighted by Gasteiger charge is -2.34. The number of ether oxygens (including phenoxy) is 2. The van der Waals surface area contributed by atoms with Gasteiger partial charge in [0.25, 0.3) is 0 Å². The summed E-state index contributed by atoms with van der Waals surface area (Å²) < 4.78 is 26.0. The number of hydrogen-bond acceptors (Lipinski definition) is 3. The van der Waals surface area contributed by atoms with Crippen LogP contribution in [0.15, 0.2) is 41.8 Å². The molecule has 0 saturated heterocycles. The Morgan fingerprint density at radius 1 is 1.30 bits per heavy atom. The second-order valence-electron chi connectivity index (χ2n) is 9.28. The molecular formula is C27H34ClFO4. The maximum atomic E-state index is 13.6. The van der Waals surface area contributed by atoms with Crippen LogP contribution in [0, 0.1) is 5.92 Å². The number of aliphatic carboxylic acids is 1. The van der Waals surface area contributed by atoms with Gasteiger partial charge >= 0.3 is 5.97 Å². The van der Waals surface area contributed by atoms with E-state index in [9.17, 15) is 9.18 Å².